The minimum atomic E-state index is -0.527. The maximum Gasteiger partial charge on any atom is 0.408 e. The highest BCUT2D eigenvalue weighted by molar-refractivity contribution is 5.69. The number of ether oxygens (including phenoxy) is 1. The van der Waals surface area contributed by atoms with Crippen molar-refractivity contribution in [1.82, 2.24) is 5.32 Å². The summed E-state index contributed by atoms with van der Waals surface area (Å²) in [6.45, 7) is 11.3. The Bertz CT molecular complexity index is 295. The Morgan fingerprint density at radius 1 is 1.18 bits per heavy atom. The van der Waals surface area contributed by atoms with Crippen molar-refractivity contribution >= 4 is 12.4 Å². The number of hydrogen-bond donors (Lipinski definition) is 1. The normalized spacial score (nSPS) is 14.5. The fraction of sp³-hybridized carbons (Fsp3) is 0.692. The molecule has 0 aliphatic rings. The number of allylic oxidation sites excluding steroid dienone is 1. The highest BCUT2D eigenvalue weighted by Gasteiger charge is 2.26. The van der Waals surface area contributed by atoms with Crippen LogP contribution in [0.4, 0.5) is 4.79 Å². The van der Waals surface area contributed by atoms with E-state index in [1.54, 1.807) is 26.8 Å². The lowest BCUT2D eigenvalue weighted by Crippen LogP contribution is -2.44. The molecule has 0 aromatic rings. The van der Waals surface area contributed by atoms with Crippen molar-refractivity contribution in [2.75, 3.05) is 0 Å². The Labute approximate surface area is 103 Å². The second-order valence-electron chi connectivity index (χ2n) is 6.01. The maximum atomic E-state index is 11.6. The van der Waals surface area contributed by atoms with Crippen LogP contribution in [0.5, 0.6) is 0 Å². The minimum Gasteiger partial charge on any atom is -0.444 e. The average Bonchev–Trinajstić information content (AvgIpc) is 2.07. The van der Waals surface area contributed by atoms with Crippen LogP contribution in [0.15, 0.2) is 12.2 Å². The molecule has 1 amide bonds. The van der Waals surface area contributed by atoms with Crippen molar-refractivity contribution < 1.29 is 14.3 Å². The number of carbonyl (C=O) groups excluding carboxylic acids is 2. The summed E-state index contributed by atoms with van der Waals surface area (Å²) >= 11 is 0. The fourth-order valence-electron chi connectivity index (χ4n) is 1.14. The summed E-state index contributed by atoms with van der Waals surface area (Å²) < 4.78 is 5.17. The summed E-state index contributed by atoms with van der Waals surface area (Å²) in [5, 5.41) is 2.74. The SMILES string of the molecule is CC(C)(C)OC(=O)NC(/C=C/C=O)C(C)(C)C. The van der Waals surface area contributed by atoms with E-state index < -0.39 is 11.7 Å². The van der Waals surface area contributed by atoms with E-state index in [9.17, 15) is 9.59 Å². The lowest BCUT2D eigenvalue weighted by Gasteiger charge is -2.30. The number of amides is 1. The van der Waals surface area contributed by atoms with Crippen molar-refractivity contribution in [3.05, 3.63) is 12.2 Å². The molecule has 0 fully saturated rings. The molecule has 0 saturated carbocycles. The maximum absolute atomic E-state index is 11.6. The topological polar surface area (TPSA) is 55.4 Å². The first-order valence-electron chi connectivity index (χ1n) is 5.68. The second kappa shape index (κ2) is 5.84. The summed E-state index contributed by atoms with van der Waals surface area (Å²) in [6.07, 6.45) is 3.26. The van der Waals surface area contributed by atoms with Gasteiger partial charge >= 0.3 is 6.09 Å². The van der Waals surface area contributed by atoms with Crippen molar-refractivity contribution in [3.63, 3.8) is 0 Å². The van der Waals surface area contributed by atoms with E-state index in [1.807, 2.05) is 20.8 Å². The van der Waals surface area contributed by atoms with Gasteiger partial charge in [-0.15, -0.1) is 0 Å². The number of carbonyl (C=O) groups is 2. The average molecular weight is 241 g/mol. The third-order valence-electron chi connectivity index (χ3n) is 1.99. The van der Waals surface area contributed by atoms with Gasteiger partial charge in [0.2, 0.25) is 0 Å². The zero-order valence-corrected chi connectivity index (χ0v) is 11.5. The van der Waals surface area contributed by atoms with E-state index >= 15 is 0 Å². The monoisotopic (exact) mass is 241 g/mol. The van der Waals surface area contributed by atoms with Crippen LogP contribution in [-0.2, 0) is 9.53 Å². The number of aldehydes is 1. The van der Waals surface area contributed by atoms with Gasteiger partial charge in [0, 0.05) is 0 Å². The van der Waals surface area contributed by atoms with E-state index in [4.69, 9.17) is 4.74 Å². The first kappa shape index (κ1) is 15.7. The van der Waals surface area contributed by atoms with Crippen molar-refractivity contribution in [3.8, 4) is 0 Å². The van der Waals surface area contributed by atoms with Crippen LogP contribution in [0, 0.1) is 5.41 Å². The molecule has 98 valence electrons. The van der Waals surface area contributed by atoms with E-state index in [0.29, 0.717) is 6.29 Å². The number of nitrogens with one attached hydrogen (secondary N) is 1. The van der Waals surface area contributed by atoms with E-state index in [1.165, 1.54) is 6.08 Å². The fourth-order valence-corrected chi connectivity index (χ4v) is 1.14. The molecule has 0 aliphatic carbocycles. The van der Waals surface area contributed by atoms with Crippen LogP contribution >= 0.6 is 0 Å². The zero-order chi connectivity index (χ0) is 13.7. The molecule has 1 atom stereocenters. The van der Waals surface area contributed by atoms with Crippen LogP contribution < -0.4 is 5.32 Å². The second-order valence-corrected chi connectivity index (χ2v) is 6.01. The summed E-state index contributed by atoms with van der Waals surface area (Å²) in [4.78, 5) is 21.9. The summed E-state index contributed by atoms with van der Waals surface area (Å²) in [7, 11) is 0. The molecule has 0 saturated heterocycles. The molecule has 4 nitrogen and oxygen atoms in total. The molecule has 0 aliphatic heterocycles. The largest absolute Gasteiger partial charge is 0.444 e. The van der Waals surface area contributed by atoms with Crippen molar-refractivity contribution in [2.45, 2.75) is 53.2 Å². The lowest BCUT2D eigenvalue weighted by molar-refractivity contribution is -0.104. The lowest BCUT2D eigenvalue weighted by atomic mass is 9.86. The highest BCUT2D eigenvalue weighted by atomic mass is 16.6. The third kappa shape index (κ3) is 7.55. The molecular weight excluding hydrogens is 218 g/mol. The van der Waals surface area contributed by atoms with Gasteiger partial charge in [0.1, 0.15) is 11.9 Å². The van der Waals surface area contributed by atoms with Crippen LogP contribution in [0.1, 0.15) is 41.5 Å². The standard InChI is InChI=1S/C13H23NO3/c1-12(2,3)10(8-7-9-15)14-11(16)17-13(4,5)6/h7-10H,1-6H3,(H,14,16)/b8-7+. The quantitative estimate of drug-likeness (QED) is 0.610. The molecule has 0 rings (SSSR count). The number of rotatable bonds is 3. The minimum absolute atomic E-state index is 0.184. The molecule has 1 unspecified atom stereocenters. The first-order chi connectivity index (χ1) is 7.56. The first-order valence-corrected chi connectivity index (χ1v) is 5.68. The van der Waals surface area contributed by atoms with Crippen LogP contribution in [0.25, 0.3) is 0 Å². The Hall–Kier alpha value is -1.32. The zero-order valence-electron chi connectivity index (χ0n) is 11.5. The molecule has 17 heavy (non-hydrogen) atoms. The molecule has 0 aromatic carbocycles. The van der Waals surface area contributed by atoms with Crippen LogP contribution in [0.3, 0.4) is 0 Å². The Balaban J connectivity index is 4.60. The molecular formula is C13H23NO3. The third-order valence-corrected chi connectivity index (χ3v) is 1.99. The van der Waals surface area contributed by atoms with Gasteiger partial charge in [0.25, 0.3) is 0 Å². The van der Waals surface area contributed by atoms with E-state index in [-0.39, 0.29) is 11.5 Å². The molecule has 4 heteroatoms. The molecule has 0 aromatic heterocycles. The van der Waals surface area contributed by atoms with Gasteiger partial charge in [-0.25, -0.2) is 4.79 Å². The smallest absolute Gasteiger partial charge is 0.408 e. The van der Waals surface area contributed by atoms with Gasteiger partial charge in [0.15, 0.2) is 0 Å². The molecule has 0 heterocycles. The van der Waals surface area contributed by atoms with Crippen molar-refractivity contribution in [2.24, 2.45) is 5.41 Å². The van der Waals surface area contributed by atoms with Gasteiger partial charge in [-0.2, -0.15) is 0 Å². The summed E-state index contributed by atoms with van der Waals surface area (Å²) in [5.41, 5.74) is -0.711. The Kier molecular flexibility index (Phi) is 5.39. The van der Waals surface area contributed by atoms with Gasteiger partial charge in [-0.05, 0) is 32.3 Å². The molecule has 0 radical (unpaired) electrons. The Morgan fingerprint density at radius 2 is 1.71 bits per heavy atom. The molecule has 1 N–H and O–H groups in total. The van der Waals surface area contributed by atoms with E-state index in [0.717, 1.165) is 0 Å². The van der Waals surface area contributed by atoms with Gasteiger partial charge in [0.05, 0.1) is 6.04 Å². The number of alkyl carbamates (subject to hydrolysis) is 1. The van der Waals surface area contributed by atoms with Crippen molar-refractivity contribution in [1.29, 1.82) is 0 Å². The summed E-state index contributed by atoms with van der Waals surface area (Å²) in [5.74, 6) is 0. The molecule has 0 bridgehead atoms. The van der Waals surface area contributed by atoms with Gasteiger partial charge in [-0.1, -0.05) is 26.8 Å². The predicted octanol–water partition coefficient (Wildman–Crippen LogP) is 2.68. The number of hydrogen-bond acceptors (Lipinski definition) is 3. The summed E-state index contributed by atoms with van der Waals surface area (Å²) in [6, 6.07) is -0.248. The Morgan fingerprint density at radius 3 is 2.06 bits per heavy atom. The van der Waals surface area contributed by atoms with Gasteiger partial charge < -0.3 is 10.1 Å². The van der Waals surface area contributed by atoms with E-state index in [2.05, 4.69) is 5.32 Å². The predicted molar refractivity (Wildman–Crippen MR) is 67.8 cm³/mol. The highest BCUT2D eigenvalue weighted by Crippen LogP contribution is 2.20. The van der Waals surface area contributed by atoms with Crippen LogP contribution in [-0.4, -0.2) is 24.0 Å². The molecule has 0 spiro atoms. The van der Waals surface area contributed by atoms with Crippen LogP contribution in [0.2, 0.25) is 0 Å². The van der Waals surface area contributed by atoms with Gasteiger partial charge in [-0.3, -0.25) is 4.79 Å².